The summed E-state index contributed by atoms with van der Waals surface area (Å²) in [4.78, 5) is 24.5. The fourth-order valence-corrected chi connectivity index (χ4v) is 2.55. The Balaban J connectivity index is 1.65. The summed E-state index contributed by atoms with van der Waals surface area (Å²) < 4.78 is 21.0. The molecule has 6 nitrogen and oxygen atoms in total. The molecule has 26 heavy (non-hydrogen) atoms. The predicted octanol–water partition coefficient (Wildman–Crippen LogP) is 2.91. The van der Waals surface area contributed by atoms with Crippen molar-refractivity contribution in [3.63, 3.8) is 0 Å². The maximum atomic E-state index is 12.3. The molecule has 0 amide bonds. The van der Waals surface area contributed by atoms with Gasteiger partial charge in [0.25, 0.3) is 0 Å². The summed E-state index contributed by atoms with van der Waals surface area (Å²) in [6, 6.07) is 12.2. The molecular weight excluding hydrogens is 336 g/mol. The highest BCUT2D eigenvalue weighted by molar-refractivity contribution is 6.01. The van der Waals surface area contributed by atoms with Crippen LogP contribution in [0.15, 0.2) is 48.0 Å². The molecule has 0 fully saturated rings. The number of carbonyl (C=O) groups is 2. The van der Waals surface area contributed by atoms with Crippen LogP contribution < -0.4 is 14.2 Å². The molecule has 0 aliphatic carbocycles. The maximum absolute atomic E-state index is 12.3. The van der Waals surface area contributed by atoms with Gasteiger partial charge in [-0.15, -0.1) is 0 Å². The SMILES string of the molecule is COc1ccc(C(=O)COC(=O)C2=Cc3ccccc3OC2)cc1OC. The van der Waals surface area contributed by atoms with Gasteiger partial charge in [-0.05, 0) is 30.3 Å². The number of ether oxygens (including phenoxy) is 4. The number of rotatable bonds is 6. The van der Waals surface area contributed by atoms with Gasteiger partial charge in [0, 0.05) is 11.1 Å². The predicted molar refractivity (Wildman–Crippen MR) is 94.7 cm³/mol. The third-order valence-corrected chi connectivity index (χ3v) is 3.93. The standard InChI is InChI=1S/C20H18O6/c1-23-18-8-7-13(10-19(18)24-2)16(21)12-26-20(22)15-9-14-5-3-4-6-17(14)25-11-15/h3-10H,11-12H2,1-2H3. The van der Waals surface area contributed by atoms with E-state index in [1.807, 2.05) is 24.3 Å². The van der Waals surface area contributed by atoms with Crippen LogP contribution in [0.2, 0.25) is 0 Å². The minimum absolute atomic E-state index is 0.112. The summed E-state index contributed by atoms with van der Waals surface area (Å²) in [5.74, 6) is 0.754. The van der Waals surface area contributed by atoms with Gasteiger partial charge in [-0.3, -0.25) is 4.79 Å². The molecule has 0 spiro atoms. The minimum Gasteiger partial charge on any atom is -0.493 e. The van der Waals surface area contributed by atoms with Crippen LogP contribution in [0.5, 0.6) is 17.2 Å². The highest BCUT2D eigenvalue weighted by Gasteiger charge is 2.20. The number of esters is 1. The Morgan fingerprint density at radius 1 is 1.04 bits per heavy atom. The van der Waals surface area contributed by atoms with Gasteiger partial charge in [-0.1, -0.05) is 18.2 Å². The van der Waals surface area contributed by atoms with Gasteiger partial charge < -0.3 is 18.9 Å². The van der Waals surface area contributed by atoms with Crippen LogP contribution >= 0.6 is 0 Å². The Kier molecular flexibility index (Phi) is 5.22. The second-order valence-corrected chi connectivity index (χ2v) is 5.57. The third kappa shape index (κ3) is 3.69. The van der Waals surface area contributed by atoms with Crippen molar-refractivity contribution in [1.82, 2.24) is 0 Å². The highest BCUT2D eigenvalue weighted by Crippen LogP contribution is 2.28. The van der Waals surface area contributed by atoms with Crippen molar-refractivity contribution in [2.45, 2.75) is 0 Å². The Labute approximate surface area is 150 Å². The van der Waals surface area contributed by atoms with Crippen molar-refractivity contribution < 1.29 is 28.5 Å². The Hall–Kier alpha value is -3.28. The quantitative estimate of drug-likeness (QED) is 0.587. The van der Waals surface area contributed by atoms with Crippen molar-refractivity contribution in [1.29, 1.82) is 0 Å². The fourth-order valence-electron chi connectivity index (χ4n) is 2.55. The van der Waals surface area contributed by atoms with Gasteiger partial charge in [0.2, 0.25) is 0 Å². The molecule has 3 rings (SSSR count). The molecule has 1 aliphatic heterocycles. The first-order valence-corrected chi connectivity index (χ1v) is 7.97. The molecule has 0 N–H and O–H groups in total. The van der Waals surface area contributed by atoms with E-state index < -0.39 is 5.97 Å². The molecule has 134 valence electrons. The molecule has 0 aromatic heterocycles. The molecule has 1 heterocycles. The zero-order valence-corrected chi connectivity index (χ0v) is 14.5. The first-order chi connectivity index (χ1) is 12.6. The average molecular weight is 354 g/mol. The number of hydrogen-bond acceptors (Lipinski definition) is 6. The van der Waals surface area contributed by atoms with Crippen LogP contribution in [0.1, 0.15) is 15.9 Å². The lowest BCUT2D eigenvalue weighted by atomic mass is 10.1. The summed E-state index contributed by atoms with van der Waals surface area (Å²) in [6.45, 7) is -0.256. The summed E-state index contributed by atoms with van der Waals surface area (Å²) in [7, 11) is 3.00. The smallest absolute Gasteiger partial charge is 0.337 e. The lowest BCUT2D eigenvalue weighted by molar-refractivity contribution is -0.138. The van der Waals surface area contributed by atoms with Crippen molar-refractivity contribution in [2.24, 2.45) is 0 Å². The average Bonchev–Trinajstić information content (AvgIpc) is 2.70. The van der Waals surface area contributed by atoms with E-state index in [1.54, 1.807) is 24.3 Å². The van der Waals surface area contributed by atoms with E-state index in [0.29, 0.717) is 28.4 Å². The second-order valence-electron chi connectivity index (χ2n) is 5.57. The van der Waals surface area contributed by atoms with Gasteiger partial charge in [0.1, 0.15) is 12.4 Å². The first kappa shape index (κ1) is 17.5. The molecule has 2 aromatic carbocycles. The Morgan fingerprint density at radius 3 is 2.58 bits per heavy atom. The fraction of sp³-hybridized carbons (Fsp3) is 0.200. The second kappa shape index (κ2) is 7.74. The number of benzene rings is 2. The Morgan fingerprint density at radius 2 is 1.81 bits per heavy atom. The van der Waals surface area contributed by atoms with Gasteiger partial charge in [-0.2, -0.15) is 0 Å². The van der Waals surface area contributed by atoms with Crippen molar-refractivity contribution in [3.05, 3.63) is 59.2 Å². The molecule has 1 aliphatic rings. The third-order valence-electron chi connectivity index (χ3n) is 3.93. The van der Waals surface area contributed by atoms with E-state index >= 15 is 0 Å². The van der Waals surface area contributed by atoms with Crippen molar-refractivity contribution >= 4 is 17.8 Å². The minimum atomic E-state index is -0.576. The topological polar surface area (TPSA) is 71.1 Å². The maximum Gasteiger partial charge on any atom is 0.337 e. The number of fused-ring (bicyclic) bond motifs is 1. The van der Waals surface area contributed by atoms with E-state index in [4.69, 9.17) is 18.9 Å². The molecule has 0 saturated carbocycles. The number of Topliss-reactive ketones (excluding diaryl/α,β-unsaturated/α-hetero) is 1. The van der Waals surface area contributed by atoms with Crippen molar-refractivity contribution in [2.75, 3.05) is 27.4 Å². The summed E-state index contributed by atoms with van der Waals surface area (Å²) in [5, 5.41) is 0. The number of ketones is 1. The number of carbonyl (C=O) groups excluding carboxylic acids is 2. The number of para-hydroxylation sites is 1. The summed E-state index contributed by atoms with van der Waals surface area (Å²) >= 11 is 0. The van der Waals surface area contributed by atoms with Gasteiger partial charge >= 0.3 is 5.97 Å². The first-order valence-electron chi connectivity index (χ1n) is 7.97. The zero-order chi connectivity index (χ0) is 18.5. The summed E-state index contributed by atoms with van der Waals surface area (Å²) in [6.07, 6.45) is 1.71. The molecule has 2 aromatic rings. The monoisotopic (exact) mass is 354 g/mol. The van der Waals surface area contributed by atoms with Crippen LogP contribution in [0.25, 0.3) is 6.08 Å². The number of hydrogen-bond donors (Lipinski definition) is 0. The zero-order valence-electron chi connectivity index (χ0n) is 14.5. The molecule has 0 unspecified atom stereocenters. The lowest BCUT2D eigenvalue weighted by Crippen LogP contribution is -2.20. The van der Waals surface area contributed by atoms with Crippen LogP contribution in [-0.4, -0.2) is 39.2 Å². The lowest BCUT2D eigenvalue weighted by Gasteiger charge is -2.16. The van der Waals surface area contributed by atoms with Gasteiger partial charge in [0.05, 0.1) is 19.8 Å². The largest absolute Gasteiger partial charge is 0.493 e. The normalized spacial score (nSPS) is 12.3. The molecule has 6 heteroatoms. The molecular formula is C20H18O6. The van der Waals surface area contributed by atoms with E-state index in [2.05, 4.69) is 0 Å². The number of methoxy groups -OCH3 is 2. The van der Waals surface area contributed by atoms with E-state index in [1.165, 1.54) is 14.2 Å². The van der Waals surface area contributed by atoms with Crippen molar-refractivity contribution in [3.8, 4) is 17.2 Å². The van der Waals surface area contributed by atoms with E-state index in [9.17, 15) is 9.59 Å². The van der Waals surface area contributed by atoms with Crippen LogP contribution in [0.4, 0.5) is 0 Å². The molecule has 0 bridgehead atoms. The molecule has 0 saturated heterocycles. The van der Waals surface area contributed by atoms with Gasteiger partial charge in [0.15, 0.2) is 23.9 Å². The highest BCUT2D eigenvalue weighted by atomic mass is 16.5. The van der Waals surface area contributed by atoms with Crippen LogP contribution in [0, 0.1) is 0 Å². The summed E-state index contributed by atoms with van der Waals surface area (Å²) in [5.41, 5.74) is 1.54. The van der Waals surface area contributed by atoms with Crippen LogP contribution in [0.3, 0.4) is 0 Å². The van der Waals surface area contributed by atoms with E-state index in [0.717, 1.165) is 5.56 Å². The molecule has 0 radical (unpaired) electrons. The molecule has 0 atom stereocenters. The van der Waals surface area contributed by atoms with Crippen LogP contribution in [-0.2, 0) is 9.53 Å². The Bertz CT molecular complexity index is 868. The van der Waals surface area contributed by atoms with E-state index in [-0.39, 0.29) is 19.0 Å². The van der Waals surface area contributed by atoms with Gasteiger partial charge in [-0.25, -0.2) is 4.79 Å².